The third-order valence-electron chi connectivity index (χ3n) is 4.27. The Kier molecular flexibility index (Phi) is 5.37. The molecule has 108 valence electrons. The molecule has 1 aromatic heterocycles. The number of rotatable bonds is 6. The van der Waals surface area contributed by atoms with Gasteiger partial charge < -0.3 is 9.84 Å². The largest absolute Gasteiger partial charge is 0.339 e. The fraction of sp³-hybridized carbons (Fsp3) is 0.867. The molecule has 1 saturated carbocycles. The van der Waals surface area contributed by atoms with E-state index in [-0.39, 0.29) is 0 Å². The fourth-order valence-corrected chi connectivity index (χ4v) is 2.69. The zero-order chi connectivity index (χ0) is 13.7. The summed E-state index contributed by atoms with van der Waals surface area (Å²) in [6.45, 7) is 7.66. The van der Waals surface area contributed by atoms with E-state index in [4.69, 9.17) is 4.52 Å². The second kappa shape index (κ2) is 7.04. The molecule has 1 unspecified atom stereocenters. The van der Waals surface area contributed by atoms with Gasteiger partial charge >= 0.3 is 0 Å². The number of hydrogen-bond acceptors (Lipinski definition) is 4. The van der Waals surface area contributed by atoms with Gasteiger partial charge in [-0.1, -0.05) is 25.9 Å². The van der Waals surface area contributed by atoms with Crippen LogP contribution in [0.15, 0.2) is 4.52 Å². The van der Waals surface area contributed by atoms with E-state index in [1.165, 1.54) is 32.1 Å². The Bertz CT molecular complexity index is 369. The lowest BCUT2D eigenvalue weighted by Gasteiger charge is -2.27. The topological polar surface area (TPSA) is 51.0 Å². The number of nitrogens with zero attached hydrogens (tertiary/aromatic N) is 2. The Morgan fingerprint density at radius 3 is 2.63 bits per heavy atom. The van der Waals surface area contributed by atoms with Crippen LogP contribution >= 0.6 is 0 Å². The van der Waals surface area contributed by atoms with Crippen LogP contribution < -0.4 is 5.32 Å². The van der Waals surface area contributed by atoms with E-state index in [1.807, 2.05) is 0 Å². The quantitative estimate of drug-likeness (QED) is 0.853. The van der Waals surface area contributed by atoms with Gasteiger partial charge in [0.15, 0.2) is 5.82 Å². The SMILES string of the molecule is CCCNC1CCC(c2nc(C(C)CC)no2)CC1. The molecule has 0 radical (unpaired) electrons. The first-order chi connectivity index (χ1) is 9.24. The molecule has 4 nitrogen and oxygen atoms in total. The van der Waals surface area contributed by atoms with Crippen molar-refractivity contribution in [2.45, 2.75) is 77.2 Å². The third-order valence-corrected chi connectivity index (χ3v) is 4.27. The minimum absolute atomic E-state index is 0.403. The first-order valence-corrected chi connectivity index (χ1v) is 7.81. The number of nitrogens with one attached hydrogen (secondary N) is 1. The van der Waals surface area contributed by atoms with Crippen molar-refractivity contribution in [3.05, 3.63) is 11.7 Å². The summed E-state index contributed by atoms with van der Waals surface area (Å²) in [6, 6.07) is 0.688. The van der Waals surface area contributed by atoms with Crippen molar-refractivity contribution < 1.29 is 4.52 Å². The van der Waals surface area contributed by atoms with Gasteiger partial charge in [-0.2, -0.15) is 4.98 Å². The molecule has 0 amide bonds. The van der Waals surface area contributed by atoms with Crippen LogP contribution in [0, 0.1) is 0 Å². The molecule has 1 fully saturated rings. The van der Waals surface area contributed by atoms with Crippen LogP contribution in [-0.2, 0) is 0 Å². The lowest BCUT2D eigenvalue weighted by atomic mass is 9.86. The lowest BCUT2D eigenvalue weighted by Crippen LogP contribution is -2.33. The average molecular weight is 265 g/mol. The molecule has 1 atom stereocenters. The summed E-state index contributed by atoms with van der Waals surface area (Å²) in [5.41, 5.74) is 0. The maximum atomic E-state index is 5.46. The van der Waals surface area contributed by atoms with E-state index in [9.17, 15) is 0 Å². The molecule has 1 aliphatic carbocycles. The molecule has 0 spiro atoms. The van der Waals surface area contributed by atoms with E-state index in [2.05, 4.69) is 36.2 Å². The monoisotopic (exact) mass is 265 g/mol. The second-order valence-electron chi connectivity index (χ2n) is 5.80. The van der Waals surface area contributed by atoms with Gasteiger partial charge in [0, 0.05) is 17.9 Å². The van der Waals surface area contributed by atoms with Crippen LogP contribution in [0.3, 0.4) is 0 Å². The van der Waals surface area contributed by atoms with Gasteiger partial charge in [-0.25, -0.2) is 0 Å². The van der Waals surface area contributed by atoms with Gasteiger partial charge in [0.1, 0.15) is 0 Å². The van der Waals surface area contributed by atoms with Crippen molar-refractivity contribution in [2.75, 3.05) is 6.54 Å². The Balaban J connectivity index is 1.85. The van der Waals surface area contributed by atoms with E-state index < -0.39 is 0 Å². The highest BCUT2D eigenvalue weighted by atomic mass is 16.5. The van der Waals surface area contributed by atoms with E-state index in [0.29, 0.717) is 17.9 Å². The van der Waals surface area contributed by atoms with E-state index in [1.54, 1.807) is 0 Å². The predicted octanol–water partition coefficient (Wildman–Crippen LogP) is 3.61. The first kappa shape index (κ1) is 14.5. The number of aromatic nitrogens is 2. The standard InChI is InChI=1S/C15H27N3O/c1-4-10-16-13-8-6-12(7-9-13)15-17-14(18-19-15)11(3)5-2/h11-13,16H,4-10H2,1-3H3. The maximum Gasteiger partial charge on any atom is 0.229 e. The van der Waals surface area contributed by atoms with Gasteiger partial charge in [-0.3, -0.25) is 0 Å². The van der Waals surface area contributed by atoms with Gasteiger partial charge in [0.05, 0.1) is 0 Å². The summed E-state index contributed by atoms with van der Waals surface area (Å²) in [6.07, 6.45) is 7.07. The number of hydrogen-bond donors (Lipinski definition) is 1. The summed E-state index contributed by atoms with van der Waals surface area (Å²) >= 11 is 0. The highest BCUT2D eigenvalue weighted by Crippen LogP contribution is 2.32. The second-order valence-corrected chi connectivity index (χ2v) is 5.80. The van der Waals surface area contributed by atoms with E-state index >= 15 is 0 Å². The summed E-state index contributed by atoms with van der Waals surface area (Å²) in [5.74, 6) is 2.62. The zero-order valence-electron chi connectivity index (χ0n) is 12.5. The highest BCUT2D eigenvalue weighted by molar-refractivity contribution is 5.00. The van der Waals surface area contributed by atoms with Crippen molar-refractivity contribution >= 4 is 0 Å². The van der Waals surface area contributed by atoms with Crippen LogP contribution in [0.5, 0.6) is 0 Å². The highest BCUT2D eigenvalue weighted by Gasteiger charge is 2.26. The summed E-state index contributed by atoms with van der Waals surface area (Å²) < 4.78 is 5.46. The Labute approximate surface area is 116 Å². The van der Waals surface area contributed by atoms with Crippen molar-refractivity contribution in [3.63, 3.8) is 0 Å². The van der Waals surface area contributed by atoms with Crippen LogP contribution in [0.4, 0.5) is 0 Å². The summed E-state index contributed by atoms with van der Waals surface area (Å²) in [5, 5.41) is 7.74. The molecular formula is C15H27N3O. The van der Waals surface area contributed by atoms with Gasteiger partial charge in [-0.05, 0) is 45.1 Å². The minimum Gasteiger partial charge on any atom is -0.339 e. The Hall–Kier alpha value is -0.900. The molecule has 0 aromatic carbocycles. The van der Waals surface area contributed by atoms with Crippen LogP contribution in [0.2, 0.25) is 0 Å². The lowest BCUT2D eigenvalue weighted by molar-refractivity contribution is 0.282. The molecule has 19 heavy (non-hydrogen) atoms. The van der Waals surface area contributed by atoms with Crippen molar-refractivity contribution in [2.24, 2.45) is 0 Å². The molecular weight excluding hydrogens is 238 g/mol. The average Bonchev–Trinajstić information content (AvgIpc) is 2.94. The van der Waals surface area contributed by atoms with Crippen LogP contribution in [0.1, 0.15) is 82.8 Å². The van der Waals surface area contributed by atoms with Crippen LogP contribution in [0.25, 0.3) is 0 Å². The maximum absolute atomic E-state index is 5.46. The summed E-state index contributed by atoms with van der Waals surface area (Å²) in [4.78, 5) is 4.59. The summed E-state index contributed by atoms with van der Waals surface area (Å²) in [7, 11) is 0. The predicted molar refractivity (Wildman–Crippen MR) is 76.3 cm³/mol. The molecule has 1 aliphatic rings. The molecule has 0 bridgehead atoms. The Morgan fingerprint density at radius 1 is 1.26 bits per heavy atom. The molecule has 4 heteroatoms. The Morgan fingerprint density at radius 2 is 2.00 bits per heavy atom. The molecule has 0 saturated heterocycles. The first-order valence-electron chi connectivity index (χ1n) is 7.81. The van der Waals surface area contributed by atoms with Crippen molar-refractivity contribution in [3.8, 4) is 0 Å². The van der Waals surface area contributed by atoms with E-state index in [0.717, 1.165) is 24.7 Å². The third kappa shape index (κ3) is 3.78. The molecule has 2 rings (SSSR count). The molecule has 1 aromatic rings. The molecule has 1 heterocycles. The van der Waals surface area contributed by atoms with Gasteiger partial charge in [0.25, 0.3) is 0 Å². The smallest absolute Gasteiger partial charge is 0.229 e. The van der Waals surface area contributed by atoms with Gasteiger partial charge in [-0.15, -0.1) is 0 Å². The van der Waals surface area contributed by atoms with Crippen LogP contribution in [-0.4, -0.2) is 22.7 Å². The van der Waals surface area contributed by atoms with Crippen molar-refractivity contribution in [1.29, 1.82) is 0 Å². The molecule has 0 aliphatic heterocycles. The fourth-order valence-electron chi connectivity index (χ4n) is 2.69. The van der Waals surface area contributed by atoms with Gasteiger partial charge in [0.2, 0.25) is 5.89 Å². The molecule has 1 N–H and O–H groups in total. The van der Waals surface area contributed by atoms with Crippen molar-refractivity contribution in [1.82, 2.24) is 15.5 Å². The minimum atomic E-state index is 0.403. The normalized spacial score (nSPS) is 25.4. The zero-order valence-corrected chi connectivity index (χ0v) is 12.5.